The molecule has 10 heteroatoms. The molecular formula is C32H36F3N5O2. The summed E-state index contributed by atoms with van der Waals surface area (Å²) in [5, 5.41) is 8.65. The number of fused-ring (bicyclic) bond motifs is 2. The van der Waals surface area contributed by atoms with Crippen LogP contribution in [-0.2, 0) is 38.1 Å². The van der Waals surface area contributed by atoms with E-state index < -0.39 is 17.2 Å². The number of alkyl halides is 3. The summed E-state index contributed by atoms with van der Waals surface area (Å²) in [5.74, 6) is 1.80. The zero-order chi connectivity index (χ0) is 29.2. The van der Waals surface area contributed by atoms with Crippen LogP contribution in [0.3, 0.4) is 0 Å². The first-order valence-corrected chi connectivity index (χ1v) is 15.1. The number of amides is 1. The molecule has 4 heterocycles. The van der Waals surface area contributed by atoms with Crippen LogP contribution in [0.25, 0.3) is 0 Å². The lowest BCUT2D eigenvalue weighted by atomic mass is 9.76. The maximum Gasteiger partial charge on any atom is 0.416 e. The maximum atomic E-state index is 14.4. The van der Waals surface area contributed by atoms with Gasteiger partial charge in [-0.05, 0) is 79.1 Å². The molecule has 1 atom stereocenters. The highest BCUT2D eigenvalue weighted by Crippen LogP contribution is 2.52. The Bertz CT molecular complexity index is 1540. The summed E-state index contributed by atoms with van der Waals surface area (Å²) < 4.78 is 51.4. The number of piperidine rings is 1. The van der Waals surface area contributed by atoms with E-state index in [1.165, 1.54) is 11.0 Å². The minimum atomic E-state index is -4.55. The van der Waals surface area contributed by atoms with E-state index in [4.69, 9.17) is 4.74 Å². The van der Waals surface area contributed by atoms with Gasteiger partial charge in [0.15, 0.2) is 0 Å². The molecule has 0 spiro atoms. The van der Waals surface area contributed by atoms with Crippen molar-refractivity contribution in [3.05, 3.63) is 69.8 Å². The van der Waals surface area contributed by atoms with Gasteiger partial charge in [-0.2, -0.15) is 13.2 Å². The van der Waals surface area contributed by atoms with E-state index in [1.807, 2.05) is 23.7 Å². The Hall–Kier alpha value is -3.40. The number of benzene rings is 2. The van der Waals surface area contributed by atoms with Crippen LogP contribution in [0.4, 0.5) is 18.9 Å². The molecule has 2 aromatic carbocycles. The topological polar surface area (TPSA) is 63.5 Å². The first-order valence-electron chi connectivity index (χ1n) is 15.1. The van der Waals surface area contributed by atoms with Crippen LogP contribution >= 0.6 is 0 Å². The first-order chi connectivity index (χ1) is 20.1. The van der Waals surface area contributed by atoms with Crippen LogP contribution in [0.2, 0.25) is 0 Å². The van der Waals surface area contributed by atoms with E-state index in [0.717, 1.165) is 74.3 Å². The number of ether oxygens (including phenoxy) is 1. The van der Waals surface area contributed by atoms with Crippen molar-refractivity contribution in [3.63, 3.8) is 0 Å². The lowest BCUT2D eigenvalue weighted by Crippen LogP contribution is -2.33. The van der Waals surface area contributed by atoms with Crippen LogP contribution in [0.1, 0.15) is 89.4 Å². The molecule has 3 aromatic rings. The number of aryl methyl sites for hydroxylation is 1. The highest BCUT2D eigenvalue weighted by Gasteiger charge is 2.46. The van der Waals surface area contributed by atoms with Crippen molar-refractivity contribution in [2.45, 2.75) is 76.6 Å². The Morgan fingerprint density at radius 3 is 2.64 bits per heavy atom. The summed E-state index contributed by atoms with van der Waals surface area (Å²) in [6.45, 7) is 4.72. The summed E-state index contributed by atoms with van der Waals surface area (Å²) >= 11 is 0. The molecule has 0 radical (unpaired) electrons. The Kier molecular flexibility index (Phi) is 6.60. The Labute approximate surface area is 243 Å². The number of halogens is 3. The molecule has 1 aliphatic carbocycles. The Morgan fingerprint density at radius 2 is 1.93 bits per heavy atom. The highest BCUT2D eigenvalue weighted by atomic mass is 19.4. The van der Waals surface area contributed by atoms with Crippen molar-refractivity contribution >= 4 is 11.6 Å². The molecule has 0 N–H and O–H groups in total. The fraction of sp³-hybridized carbons (Fsp3) is 0.531. The number of carbonyl (C=O) groups excluding carboxylic acids is 1. The van der Waals surface area contributed by atoms with Crippen LogP contribution in [0, 0.1) is 5.92 Å². The van der Waals surface area contributed by atoms with Crippen LogP contribution < -0.4 is 9.64 Å². The molecule has 0 bridgehead atoms. The molecular weight excluding hydrogens is 543 g/mol. The molecule has 222 valence electrons. The normalized spacial score (nSPS) is 22.0. The first kappa shape index (κ1) is 27.4. The van der Waals surface area contributed by atoms with Gasteiger partial charge in [0.1, 0.15) is 17.9 Å². The summed E-state index contributed by atoms with van der Waals surface area (Å²) in [6, 6.07) is 6.86. The molecule has 1 saturated carbocycles. The van der Waals surface area contributed by atoms with E-state index in [9.17, 15) is 18.0 Å². The molecule has 0 unspecified atom stereocenters. The van der Waals surface area contributed by atoms with Gasteiger partial charge in [0.05, 0.1) is 24.1 Å². The van der Waals surface area contributed by atoms with Crippen molar-refractivity contribution in [2.24, 2.45) is 13.0 Å². The van der Waals surface area contributed by atoms with Crippen molar-refractivity contribution in [3.8, 4) is 5.75 Å². The van der Waals surface area contributed by atoms with E-state index in [-0.39, 0.29) is 23.6 Å². The molecule has 2 fully saturated rings. The van der Waals surface area contributed by atoms with E-state index >= 15 is 0 Å². The van der Waals surface area contributed by atoms with Crippen LogP contribution in [0.15, 0.2) is 30.6 Å². The monoisotopic (exact) mass is 579 g/mol. The third-order valence-electron chi connectivity index (χ3n) is 9.75. The second kappa shape index (κ2) is 10.1. The Morgan fingerprint density at radius 1 is 1.12 bits per heavy atom. The van der Waals surface area contributed by atoms with Crippen LogP contribution in [0.5, 0.6) is 5.75 Å². The number of carbonyl (C=O) groups is 1. The molecule has 7 rings (SSSR count). The molecule has 1 aromatic heterocycles. The van der Waals surface area contributed by atoms with Gasteiger partial charge < -0.3 is 14.2 Å². The number of hydrogen-bond acceptors (Lipinski definition) is 5. The summed E-state index contributed by atoms with van der Waals surface area (Å²) in [4.78, 5) is 17.7. The van der Waals surface area contributed by atoms with Gasteiger partial charge in [-0.15, -0.1) is 10.2 Å². The average molecular weight is 580 g/mol. The van der Waals surface area contributed by atoms with Gasteiger partial charge >= 0.3 is 6.18 Å². The lowest BCUT2D eigenvalue weighted by molar-refractivity contribution is -0.138. The van der Waals surface area contributed by atoms with Gasteiger partial charge in [-0.3, -0.25) is 9.69 Å². The van der Waals surface area contributed by atoms with E-state index in [2.05, 4.69) is 22.0 Å². The second-order valence-electron chi connectivity index (χ2n) is 12.7. The van der Waals surface area contributed by atoms with Crippen molar-refractivity contribution in [2.75, 3.05) is 24.6 Å². The summed E-state index contributed by atoms with van der Waals surface area (Å²) in [5.41, 5.74) is 2.19. The minimum Gasteiger partial charge on any atom is -0.493 e. The summed E-state index contributed by atoms with van der Waals surface area (Å²) in [7, 11) is 1.93. The van der Waals surface area contributed by atoms with Crippen LogP contribution in [-0.4, -0.2) is 45.3 Å². The minimum absolute atomic E-state index is 0.0606. The number of anilines is 1. The zero-order valence-corrected chi connectivity index (χ0v) is 24.1. The van der Waals surface area contributed by atoms with Crippen molar-refractivity contribution in [1.29, 1.82) is 0 Å². The van der Waals surface area contributed by atoms with Gasteiger partial charge in [-0.1, -0.05) is 19.8 Å². The third-order valence-corrected chi connectivity index (χ3v) is 9.75. The number of hydrogen-bond donors (Lipinski definition) is 0. The van der Waals surface area contributed by atoms with Crippen molar-refractivity contribution in [1.82, 2.24) is 19.7 Å². The highest BCUT2D eigenvalue weighted by molar-refractivity contribution is 6.10. The molecule has 4 aliphatic rings. The number of rotatable bonds is 5. The Balaban J connectivity index is 1.30. The van der Waals surface area contributed by atoms with Gasteiger partial charge in [0, 0.05) is 43.4 Å². The van der Waals surface area contributed by atoms with Gasteiger partial charge in [-0.25, -0.2) is 0 Å². The second-order valence-corrected chi connectivity index (χ2v) is 12.7. The van der Waals surface area contributed by atoms with Gasteiger partial charge in [0.2, 0.25) is 0 Å². The maximum absolute atomic E-state index is 14.4. The molecule has 1 saturated heterocycles. The number of aromatic nitrogens is 3. The van der Waals surface area contributed by atoms with E-state index in [0.29, 0.717) is 36.7 Å². The SMILES string of the molecule is C[C@H]1CCCN(Cc2cc3c(c(C(F)(F)F)c2)CN(c2cc4c(c(C5(c6nncn6C)CCCC5)c2)OCC4)C3=O)C1. The standard InChI is InChI=1S/C32H36F3N5O2/c1-20-6-5-10-39(16-20)17-21-12-24-25(26(13-21)32(33,34)35)18-40(29(24)41)23-14-22-7-11-42-28(22)27(15-23)31(8-3-4-9-31)30-37-36-19-38(30)2/h12-15,19-20H,3-11,16-18H2,1-2H3/t20-/m0/s1. The zero-order valence-electron chi connectivity index (χ0n) is 24.1. The quantitative estimate of drug-likeness (QED) is 0.370. The van der Waals surface area contributed by atoms with Crippen molar-refractivity contribution < 1.29 is 22.7 Å². The largest absolute Gasteiger partial charge is 0.493 e. The fourth-order valence-electron chi connectivity index (χ4n) is 7.82. The molecule has 3 aliphatic heterocycles. The molecule has 42 heavy (non-hydrogen) atoms. The summed E-state index contributed by atoms with van der Waals surface area (Å²) in [6.07, 6.45) is 3.77. The van der Waals surface area contributed by atoms with E-state index in [1.54, 1.807) is 12.4 Å². The number of nitrogens with zero attached hydrogens (tertiary/aromatic N) is 5. The smallest absolute Gasteiger partial charge is 0.416 e. The fourth-order valence-corrected chi connectivity index (χ4v) is 7.82. The number of likely N-dealkylation sites (tertiary alicyclic amines) is 1. The predicted octanol–water partition coefficient (Wildman–Crippen LogP) is 6.02. The predicted molar refractivity (Wildman–Crippen MR) is 152 cm³/mol. The molecule has 1 amide bonds. The average Bonchev–Trinajstić information content (AvgIpc) is 3.75. The lowest BCUT2D eigenvalue weighted by Gasteiger charge is -2.31. The third kappa shape index (κ3) is 4.49. The van der Waals surface area contributed by atoms with Gasteiger partial charge in [0.25, 0.3) is 5.91 Å². The molecule has 7 nitrogen and oxygen atoms in total.